The number of aliphatic hydroxyl groups excluding tert-OH is 1. The first-order valence-corrected chi connectivity index (χ1v) is 10.4. The number of terminal acetylenes is 1. The Labute approximate surface area is 172 Å². The molecule has 0 unspecified atom stereocenters. The van der Waals surface area contributed by atoms with Crippen LogP contribution >= 0.6 is 11.3 Å². The molecule has 4 heterocycles. The molecule has 144 valence electrons. The monoisotopic (exact) mass is 400 g/mol. The van der Waals surface area contributed by atoms with Crippen molar-refractivity contribution in [3.63, 3.8) is 0 Å². The van der Waals surface area contributed by atoms with E-state index in [-0.39, 0.29) is 6.61 Å². The molecule has 0 spiro atoms. The van der Waals surface area contributed by atoms with Crippen LogP contribution in [-0.4, -0.2) is 27.7 Å². The van der Waals surface area contributed by atoms with Crippen molar-refractivity contribution in [3.05, 3.63) is 52.7 Å². The fourth-order valence-electron chi connectivity index (χ4n) is 3.81. The lowest BCUT2D eigenvalue weighted by Crippen LogP contribution is -2.29. The van der Waals surface area contributed by atoms with Gasteiger partial charge in [-0.2, -0.15) is 0 Å². The number of pyridine rings is 2. The summed E-state index contributed by atoms with van der Waals surface area (Å²) in [5.74, 6) is 2.55. The Bertz CT molecular complexity index is 1290. The van der Waals surface area contributed by atoms with Crippen molar-refractivity contribution in [2.75, 3.05) is 11.9 Å². The van der Waals surface area contributed by atoms with Gasteiger partial charge in [0.05, 0.1) is 29.2 Å². The van der Waals surface area contributed by atoms with Gasteiger partial charge in [0.2, 0.25) is 0 Å². The van der Waals surface area contributed by atoms with Gasteiger partial charge in [0, 0.05) is 45.0 Å². The number of rotatable bonds is 2. The van der Waals surface area contributed by atoms with Crippen molar-refractivity contribution in [3.8, 4) is 23.6 Å². The Hall–Kier alpha value is -2.98. The van der Waals surface area contributed by atoms with Gasteiger partial charge < -0.3 is 15.7 Å². The molecule has 5 nitrogen and oxygen atoms in total. The van der Waals surface area contributed by atoms with Crippen LogP contribution in [0.2, 0.25) is 0 Å². The summed E-state index contributed by atoms with van der Waals surface area (Å²) in [5.41, 5.74) is 4.88. The van der Waals surface area contributed by atoms with Crippen molar-refractivity contribution >= 4 is 38.0 Å². The molecule has 29 heavy (non-hydrogen) atoms. The van der Waals surface area contributed by atoms with Crippen LogP contribution in [0.3, 0.4) is 0 Å². The summed E-state index contributed by atoms with van der Waals surface area (Å²) in [4.78, 5) is 10.5. The van der Waals surface area contributed by atoms with Gasteiger partial charge in [0.25, 0.3) is 0 Å². The Morgan fingerprint density at radius 3 is 2.97 bits per heavy atom. The molecule has 0 saturated carbocycles. The quantitative estimate of drug-likeness (QED) is 0.446. The Morgan fingerprint density at radius 1 is 1.24 bits per heavy atom. The second-order valence-corrected chi connectivity index (χ2v) is 8.44. The van der Waals surface area contributed by atoms with E-state index in [4.69, 9.17) is 11.4 Å². The van der Waals surface area contributed by atoms with E-state index in [0.29, 0.717) is 17.4 Å². The number of anilines is 1. The molecule has 0 radical (unpaired) electrons. The first-order chi connectivity index (χ1) is 14.2. The van der Waals surface area contributed by atoms with E-state index in [0.717, 1.165) is 35.2 Å². The highest BCUT2D eigenvalue weighted by atomic mass is 32.1. The molecule has 0 saturated heterocycles. The van der Waals surface area contributed by atoms with Crippen LogP contribution in [0.25, 0.3) is 32.2 Å². The van der Waals surface area contributed by atoms with Gasteiger partial charge in [0.15, 0.2) is 0 Å². The molecule has 1 aromatic carbocycles. The Kier molecular flexibility index (Phi) is 4.44. The smallest absolute Gasteiger partial charge is 0.113 e. The number of thiophene rings is 1. The predicted molar refractivity (Wildman–Crippen MR) is 119 cm³/mol. The standard InChI is InChI=1S/C23H20N4OS/c1-3-15-8-14(9-16(12-28)26-15)18-5-4-17-19(27-18)6-7-20-22(17)23-21(29-20)11-24-13(2)10-25-23/h1,4-9,13,24-25,28H,10-12H2,2H3/t13-/m1/s1. The minimum absolute atomic E-state index is 0.157. The van der Waals surface area contributed by atoms with Crippen LogP contribution < -0.4 is 10.6 Å². The lowest BCUT2D eigenvalue weighted by atomic mass is 10.1. The van der Waals surface area contributed by atoms with Gasteiger partial charge in [-0.1, -0.05) is 5.92 Å². The summed E-state index contributed by atoms with van der Waals surface area (Å²) >= 11 is 1.83. The summed E-state index contributed by atoms with van der Waals surface area (Å²) in [6.07, 6.45) is 5.52. The highest BCUT2D eigenvalue weighted by Gasteiger charge is 2.19. The van der Waals surface area contributed by atoms with Crippen molar-refractivity contribution in [1.82, 2.24) is 15.3 Å². The van der Waals surface area contributed by atoms with E-state index in [1.165, 1.54) is 20.7 Å². The number of hydrogen-bond acceptors (Lipinski definition) is 6. The van der Waals surface area contributed by atoms with E-state index in [1.54, 1.807) is 0 Å². The molecule has 1 atom stereocenters. The molecule has 1 aliphatic heterocycles. The molecular weight excluding hydrogens is 380 g/mol. The first kappa shape index (κ1) is 18.1. The molecule has 4 aromatic rings. The third-order valence-electron chi connectivity index (χ3n) is 5.28. The lowest BCUT2D eigenvalue weighted by Gasteiger charge is -2.10. The Balaban J connectivity index is 1.67. The zero-order chi connectivity index (χ0) is 20.0. The summed E-state index contributed by atoms with van der Waals surface area (Å²) < 4.78 is 1.27. The number of hydrogen-bond donors (Lipinski definition) is 3. The minimum Gasteiger partial charge on any atom is -0.390 e. The largest absolute Gasteiger partial charge is 0.390 e. The topological polar surface area (TPSA) is 70.1 Å². The van der Waals surface area contributed by atoms with E-state index >= 15 is 0 Å². The van der Waals surface area contributed by atoms with Gasteiger partial charge in [-0.25, -0.2) is 9.97 Å². The molecule has 1 aliphatic rings. The van der Waals surface area contributed by atoms with Crippen LogP contribution in [-0.2, 0) is 13.2 Å². The number of nitrogens with one attached hydrogen (secondary N) is 2. The molecular formula is C23H20N4OS. The van der Waals surface area contributed by atoms with Crippen LogP contribution in [0.1, 0.15) is 23.2 Å². The summed E-state index contributed by atoms with van der Waals surface area (Å²) in [6.45, 7) is 3.82. The number of aromatic nitrogens is 2. The van der Waals surface area contributed by atoms with E-state index in [9.17, 15) is 5.11 Å². The summed E-state index contributed by atoms with van der Waals surface area (Å²) in [7, 11) is 0. The van der Waals surface area contributed by atoms with Gasteiger partial charge in [0.1, 0.15) is 5.69 Å². The predicted octanol–water partition coefficient (Wildman–Crippen LogP) is 3.89. The van der Waals surface area contributed by atoms with E-state index in [1.807, 2.05) is 29.5 Å². The number of benzene rings is 1. The third kappa shape index (κ3) is 3.14. The number of nitrogens with zero attached hydrogens (tertiary/aromatic N) is 2. The zero-order valence-electron chi connectivity index (χ0n) is 16.0. The summed E-state index contributed by atoms with van der Waals surface area (Å²) in [6, 6.07) is 12.5. The second kappa shape index (κ2) is 7.12. The van der Waals surface area contributed by atoms with Gasteiger partial charge in [-0.15, -0.1) is 17.8 Å². The van der Waals surface area contributed by atoms with Crippen molar-refractivity contribution in [1.29, 1.82) is 0 Å². The minimum atomic E-state index is -0.157. The van der Waals surface area contributed by atoms with E-state index < -0.39 is 0 Å². The highest BCUT2D eigenvalue weighted by Crippen LogP contribution is 2.41. The summed E-state index contributed by atoms with van der Waals surface area (Å²) in [5, 5.41) is 19.0. The Morgan fingerprint density at radius 2 is 2.14 bits per heavy atom. The average Bonchev–Trinajstić information content (AvgIpc) is 3.03. The lowest BCUT2D eigenvalue weighted by molar-refractivity contribution is 0.277. The molecule has 0 bridgehead atoms. The SMILES string of the molecule is C#Cc1cc(-c2ccc3c(ccc4sc5c(c43)NC[C@@H](C)NC5)n2)cc(CO)n1. The average molecular weight is 401 g/mol. The molecule has 0 amide bonds. The third-order valence-corrected chi connectivity index (χ3v) is 6.43. The molecule has 0 fully saturated rings. The van der Waals surface area contributed by atoms with Gasteiger partial charge in [-0.3, -0.25) is 0 Å². The van der Waals surface area contributed by atoms with Crippen LogP contribution in [0.4, 0.5) is 5.69 Å². The van der Waals surface area contributed by atoms with Crippen molar-refractivity contribution < 1.29 is 5.11 Å². The fraction of sp³-hybridized carbons (Fsp3) is 0.217. The van der Waals surface area contributed by atoms with Crippen LogP contribution in [0.5, 0.6) is 0 Å². The maximum atomic E-state index is 9.49. The van der Waals surface area contributed by atoms with Crippen molar-refractivity contribution in [2.24, 2.45) is 0 Å². The highest BCUT2D eigenvalue weighted by molar-refractivity contribution is 7.20. The number of aliphatic hydroxyl groups is 1. The van der Waals surface area contributed by atoms with E-state index in [2.05, 4.69) is 46.7 Å². The van der Waals surface area contributed by atoms with Crippen LogP contribution in [0.15, 0.2) is 36.4 Å². The zero-order valence-corrected chi connectivity index (χ0v) is 16.8. The van der Waals surface area contributed by atoms with Crippen molar-refractivity contribution in [2.45, 2.75) is 26.1 Å². The first-order valence-electron chi connectivity index (χ1n) is 9.57. The van der Waals surface area contributed by atoms with Gasteiger partial charge in [-0.05, 0) is 43.3 Å². The number of fused-ring (bicyclic) bond motifs is 5. The molecule has 3 aromatic heterocycles. The normalized spacial score (nSPS) is 16.2. The molecule has 5 rings (SSSR count). The second-order valence-electron chi connectivity index (χ2n) is 7.30. The maximum Gasteiger partial charge on any atom is 0.113 e. The molecule has 6 heteroatoms. The maximum absolute atomic E-state index is 9.49. The fourth-order valence-corrected chi connectivity index (χ4v) is 4.95. The molecule has 3 N–H and O–H groups in total. The van der Waals surface area contributed by atoms with Crippen LogP contribution in [0, 0.1) is 12.3 Å². The molecule has 0 aliphatic carbocycles. The van der Waals surface area contributed by atoms with Gasteiger partial charge >= 0.3 is 0 Å².